The fraction of sp³-hybridized carbons (Fsp3) is 0.577. The molecule has 0 bridgehead atoms. The molecule has 1 aliphatic rings. The molecule has 0 radical (unpaired) electrons. The van der Waals surface area contributed by atoms with Gasteiger partial charge in [-0.1, -0.05) is 51.1 Å². The van der Waals surface area contributed by atoms with Gasteiger partial charge in [-0.25, -0.2) is 4.79 Å². The van der Waals surface area contributed by atoms with E-state index in [0.717, 1.165) is 24.8 Å². The predicted molar refractivity (Wildman–Crippen MR) is 132 cm³/mol. The van der Waals surface area contributed by atoms with Gasteiger partial charge in [0.25, 0.3) is 0 Å². The number of amides is 3. The van der Waals surface area contributed by atoms with E-state index in [2.05, 4.69) is 17.2 Å². The number of alkyl carbamates (subject to hydrolysis) is 1. The van der Waals surface area contributed by atoms with E-state index in [4.69, 9.17) is 4.74 Å². The Balaban J connectivity index is 2.42. The molecule has 3 amide bonds. The first kappa shape index (κ1) is 27.4. The maximum Gasteiger partial charge on any atom is 0.408 e. The number of carbonyl (C=O) groups excluding carboxylic acids is 3. The number of benzene rings is 1. The smallest absolute Gasteiger partial charge is 0.408 e. The van der Waals surface area contributed by atoms with Gasteiger partial charge in [-0.2, -0.15) is 0 Å². The van der Waals surface area contributed by atoms with Crippen molar-refractivity contribution < 1.29 is 24.2 Å². The molecule has 4 unspecified atom stereocenters. The molecule has 1 saturated carbocycles. The monoisotopic (exact) mass is 473 g/mol. The van der Waals surface area contributed by atoms with Crippen molar-refractivity contribution >= 4 is 24.0 Å². The highest BCUT2D eigenvalue weighted by Crippen LogP contribution is 2.40. The molecule has 1 aromatic carbocycles. The van der Waals surface area contributed by atoms with Crippen LogP contribution in [0.1, 0.15) is 71.0 Å². The van der Waals surface area contributed by atoms with E-state index < -0.39 is 36.3 Å². The lowest BCUT2D eigenvalue weighted by Gasteiger charge is -2.34. The summed E-state index contributed by atoms with van der Waals surface area (Å²) in [4.78, 5) is 41.0. The van der Waals surface area contributed by atoms with E-state index in [-0.39, 0.29) is 17.9 Å². The van der Waals surface area contributed by atoms with Gasteiger partial charge in [-0.15, -0.1) is 0 Å². The Morgan fingerprint density at radius 1 is 1.32 bits per heavy atom. The zero-order valence-electron chi connectivity index (χ0n) is 21.0. The zero-order chi connectivity index (χ0) is 25.5. The predicted octanol–water partition coefficient (Wildman–Crippen LogP) is 3.41. The zero-order valence-corrected chi connectivity index (χ0v) is 21.0. The highest BCUT2D eigenvalue weighted by molar-refractivity contribution is 5.92. The second-order valence-corrected chi connectivity index (χ2v) is 9.83. The average molecular weight is 474 g/mol. The lowest BCUT2D eigenvalue weighted by atomic mass is 10.00. The third-order valence-corrected chi connectivity index (χ3v) is 5.67. The van der Waals surface area contributed by atoms with Gasteiger partial charge in [0.15, 0.2) is 0 Å². The Labute approximate surface area is 202 Å². The van der Waals surface area contributed by atoms with Crippen molar-refractivity contribution in [3.63, 3.8) is 0 Å². The molecule has 4 atom stereocenters. The summed E-state index contributed by atoms with van der Waals surface area (Å²) in [6.07, 6.45) is 3.35. The molecule has 1 aliphatic carbocycles. The fourth-order valence-corrected chi connectivity index (χ4v) is 3.77. The first-order valence-corrected chi connectivity index (χ1v) is 11.9. The minimum absolute atomic E-state index is 0.184. The van der Waals surface area contributed by atoms with E-state index in [0.29, 0.717) is 12.1 Å². The molecule has 34 heavy (non-hydrogen) atoms. The minimum atomic E-state index is -1.24. The number of unbranched alkanes of at least 4 members (excludes halogenated alkanes) is 1. The summed E-state index contributed by atoms with van der Waals surface area (Å²) >= 11 is 0. The molecule has 2 rings (SSSR count). The highest BCUT2D eigenvalue weighted by atomic mass is 16.6. The summed E-state index contributed by atoms with van der Waals surface area (Å²) in [6.45, 7) is 12.9. The number of rotatable bonds is 11. The molecule has 3 N–H and O–H groups in total. The van der Waals surface area contributed by atoms with Gasteiger partial charge in [0, 0.05) is 12.6 Å². The van der Waals surface area contributed by atoms with Gasteiger partial charge in [0.05, 0.1) is 6.61 Å². The highest BCUT2D eigenvalue weighted by Gasteiger charge is 2.48. The van der Waals surface area contributed by atoms with Crippen LogP contribution in [0.15, 0.2) is 30.8 Å². The van der Waals surface area contributed by atoms with Crippen LogP contribution in [-0.2, 0) is 14.3 Å². The first-order chi connectivity index (χ1) is 16.0. The average Bonchev–Trinajstić information content (AvgIpc) is 3.49. The Morgan fingerprint density at radius 3 is 2.53 bits per heavy atom. The van der Waals surface area contributed by atoms with Gasteiger partial charge >= 0.3 is 6.09 Å². The number of ether oxygens (including phenoxy) is 1. The van der Waals surface area contributed by atoms with Crippen LogP contribution in [0.3, 0.4) is 0 Å². The van der Waals surface area contributed by atoms with Crippen LogP contribution >= 0.6 is 0 Å². The summed E-state index contributed by atoms with van der Waals surface area (Å²) in [6, 6.07) is 5.00. The summed E-state index contributed by atoms with van der Waals surface area (Å²) in [5.74, 6) is -0.628. The van der Waals surface area contributed by atoms with Crippen LogP contribution in [0.4, 0.5) is 4.79 Å². The van der Waals surface area contributed by atoms with Gasteiger partial charge < -0.3 is 25.4 Å². The number of nitrogens with one attached hydrogen (secondary N) is 2. The van der Waals surface area contributed by atoms with Crippen molar-refractivity contribution in [1.82, 2.24) is 15.5 Å². The Morgan fingerprint density at radius 2 is 2.00 bits per heavy atom. The largest absolute Gasteiger partial charge is 0.444 e. The molecule has 1 fully saturated rings. The molecule has 0 aromatic heterocycles. The first-order valence-electron chi connectivity index (χ1n) is 11.9. The minimum Gasteiger partial charge on any atom is -0.444 e. The van der Waals surface area contributed by atoms with Crippen LogP contribution in [0.2, 0.25) is 0 Å². The van der Waals surface area contributed by atoms with Crippen LogP contribution in [-0.4, -0.2) is 58.8 Å². The molecule has 1 aromatic rings. The second kappa shape index (κ2) is 12.0. The lowest BCUT2D eigenvalue weighted by molar-refractivity contribution is -0.144. The molecule has 8 nitrogen and oxygen atoms in total. The van der Waals surface area contributed by atoms with Gasteiger partial charge in [-0.05, 0) is 56.7 Å². The van der Waals surface area contributed by atoms with E-state index in [1.807, 2.05) is 32.0 Å². The van der Waals surface area contributed by atoms with Crippen LogP contribution in [0.25, 0.3) is 6.08 Å². The maximum atomic E-state index is 13.7. The van der Waals surface area contributed by atoms with Crippen molar-refractivity contribution in [3.8, 4) is 0 Å². The quantitative estimate of drug-likeness (QED) is 0.427. The van der Waals surface area contributed by atoms with Crippen LogP contribution in [0, 0.1) is 5.92 Å². The molecule has 0 spiro atoms. The molecular formula is C26H39N3O5. The third-order valence-electron chi connectivity index (χ3n) is 5.67. The number of hydrogen-bond acceptors (Lipinski definition) is 5. The molecule has 188 valence electrons. The normalized spacial score (nSPS) is 18.9. The van der Waals surface area contributed by atoms with Gasteiger partial charge in [-0.3, -0.25) is 9.59 Å². The van der Waals surface area contributed by atoms with E-state index in [1.54, 1.807) is 32.9 Å². The number of aliphatic hydroxyl groups excluding tert-OH is 1. The second-order valence-electron chi connectivity index (χ2n) is 9.83. The van der Waals surface area contributed by atoms with E-state index in [1.165, 1.54) is 4.90 Å². The molecule has 0 saturated heterocycles. The van der Waals surface area contributed by atoms with Gasteiger partial charge in [0.2, 0.25) is 11.8 Å². The van der Waals surface area contributed by atoms with Crippen molar-refractivity contribution in [2.75, 3.05) is 13.2 Å². The van der Waals surface area contributed by atoms with Crippen LogP contribution in [0.5, 0.6) is 0 Å². The summed E-state index contributed by atoms with van der Waals surface area (Å²) in [5.41, 5.74) is 0.712. The van der Waals surface area contributed by atoms with E-state index in [9.17, 15) is 19.5 Å². The number of aliphatic hydroxyl groups is 1. The SMILES string of the molecule is C=Cc1cccc(C(C(=O)NCCCC)N(C(=O)C(CO)NC(=O)OC(C)(C)C)C2CC2C)c1. The van der Waals surface area contributed by atoms with Crippen molar-refractivity contribution in [2.45, 2.75) is 77.6 Å². The Hall–Kier alpha value is -2.87. The van der Waals surface area contributed by atoms with E-state index >= 15 is 0 Å². The topological polar surface area (TPSA) is 108 Å². The summed E-state index contributed by atoms with van der Waals surface area (Å²) in [7, 11) is 0. The Bertz CT molecular complexity index is 879. The molecule has 0 heterocycles. The molecule has 8 heteroatoms. The summed E-state index contributed by atoms with van der Waals surface area (Å²) < 4.78 is 5.26. The molecule has 0 aliphatic heterocycles. The lowest BCUT2D eigenvalue weighted by Crippen LogP contribution is -2.55. The van der Waals surface area contributed by atoms with Crippen molar-refractivity contribution in [1.29, 1.82) is 0 Å². The molecular weight excluding hydrogens is 434 g/mol. The number of carbonyl (C=O) groups is 3. The van der Waals surface area contributed by atoms with Crippen molar-refractivity contribution in [3.05, 3.63) is 42.0 Å². The number of nitrogens with zero attached hydrogens (tertiary/aromatic N) is 1. The maximum absolute atomic E-state index is 13.7. The van der Waals surface area contributed by atoms with Crippen LogP contribution < -0.4 is 10.6 Å². The fourth-order valence-electron chi connectivity index (χ4n) is 3.77. The van der Waals surface area contributed by atoms with Crippen molar-refractivity contribution in [2.24, 2.45) is 5.92 Å². The standard InChI is InChI=1S/C26H39N3O5/c1-7-9-13-27-23(31)22(19-12-10-11-18(8-2)15-19)29(21-14-17(21)3)24(32)20(16-30)28-25(33)34-26(4,5)6/h8,10-12,15,17,20-22,30H,2,7,9,13-14,16H2,1,3-6H3,(H,27,31)(H,28,33). The number of hydrogen-bond donors (Lipinski definition) is 3. The third kappa shape index (κ3) is 7.58. The van der Waals surface area contributed by atoms with Gasteiger partial charge in [0.1, 0.15) is 17.7 Å². The Kier molecular flexibility index (Phi) is 9.67. The summed E-state index contributed by atoms with van der Waals surface area (Å²) in [5, 5.41) is 15.4.